The van der Waals surface area contributed by atoms with E-state index in [1.807, 2.05) is 24.3 Å². The number of carbonyl (C=O) groups is 2. The Kier molecular flexibility index (Phi) is 4.64. The quantitative estimate of drug-likeness (QED) is 0.753. The number of fused-ring (bicyclic) bond motifs is 1. The average Bonchev–Trinajstić information content (AvgIpc) is 3.18. The predicted molar refractivity (Wildman–Crippen MR) is 102 cm³/mol. The van der Waals surface area contributed by atoms with Gasteiger partial charge in [0.15, 0.2) is 0 Å². The maximum Gasteiger partial charge on any atom is 0.244 e. The third kappa shape index (κ3) is 3.56. The summed E-state index contributed by atoms with van der Waals surface area (Å²) in [6.45, 7) is -0.124. The Morgan fingerprint density at radius 2 is 2.07 bits per heavy atom. The largest absolute Gasteiger partial charge is 0.324 e. The molecule has 1 aromatic heterocycles. The lowest BCUT2D eigenvalue weighted by molar-refractivity contribution is -0.120. The van der Waals surface area contributed by atoms with E-state index in [9.17, 15) is 14.0 Å². The molecule has 1 N–H and O–H groups in total. The first-order valence-corrected chi connectivity index (χ1v) is 9.20. The molecule has 0 fully saturated rings. The van der Waals surface area contributed by atoms with Crippen LogP contribution in [0.1, 0.15) is 0 Å². The van der Waals surface area contributed by atoms with Crippen molar-refractivity contribution in [3.8, 4) is 5.69 Å². The highest BCUT2D eigenvalue weighted by atomic mass is 32.2. The van der Waals surface area contributed by atoms with E-state index in [4.69, 9.17) is 0 Å². The Hall–Kier alpha value is -3.13. The first kappa shape index (κ1) is 17.3. The van der Waals surface area contributed by atoms with Gasteiger partial charge in [-0.2, -0.15) is 0 Å². The van der Waals surface area contributed by atoms with E-state index in [0.717, 1.165) is 10.6 Å². The molecule has 0 radical (unpaired) electrons. The molecule has 0 spiro atoms. The van der Waals surface area contributed by atoms with Crippen LogP contribution in [-0.2, 0) is 9.59 Å². The summed E-state index contributed by atoms with van der Waals surface area (Å²) in [5, 5.41) is 2.65. The minimum Gasteiger partial charge on any atom is -0.324 e. The highest BCUT2D eigenvalue weighted by Gasteiger charge is 2.26. The second kappa shape index (κ2) is 7.24. The highest BCUT2D eigenvalue weighted by molar-refractivity contribution is 8.00. The topological polar surface area (TPSA) is 67.2 Å². The fourth-order valence-corrected chi connectivity index (χ4v) is 3.80. The maximum absolute atomic E-state index is 14.3. The van der Waals surface area contributed by atoms with Gasteiger partial charge in [0, 0.05) is 23.0 Å². The molecule has 1 aliphatic heterocycles. The molecule has 0 saturated carbocycles. The Bertz CT molecular complexity index is 1010. The lowest BCUT2D eigenvalue weighted by atomic mass is 10.2. The predicted octanol–water partition coefficient (Wildman–Crippen LogP) is 3.09. The number of amides is 2. The van der Waals surface area contributed by atoms with Crippen molar-refractivity contribution in [3.05, 3.63) is 67.0 Å². The summed E-state index contributed by atoms with van der Waals surface area (Å²) in [5.74, 6) is -0.713. The lowest BCUT2D eigenvalue weighted by Crippen LogP contribution is -2.41. The molecule has 0 aliphatic carbocycles. The van der Waals surface area contributed by atoms with Crippen molar-refractivity contribution in [1.29, 1.82) is 0 Å². The zero-order valence-corrected chi connectivity index (χ0v) is 14.9. The van der Waals surface area contributed by atoms with Crippen LogP contribution in [0.3, 0.4) is 0 Å². The molecular formula is C19H15FN4O2S. The van der Waals surface area contributed by atoms with Gasteiger partial charge in [0.2, 0.25) is 11.8 Å². The molecule has 136 valence electrons. The van der Waals surface area contributed by atoms with Gasteiger partial charge in [-0.3, -0.25) is 9.59 Å². The summed E-state index contributed by atoms with van der Waals surface area (Å²) < 4.78 is 15.9. The molecule has 0 saturated heterocycles. The third-order valence-electron chi connectivity index (χ3n) is 4.12. The van der Waals surface area contributed by atoms with Crippen molar-refractivity contribution in [1.82, 2.24) is 9.55 Å². The minimum absolute atomic E-state index is 0.124. The number of para-hydroxylation sites is 1. The molecular weight excluding hydrogens is 367 g/mol. The number of aromatic nitrogens is 2. The monoisotopic (exact) mass is 382 g/mol. The molecule has 1 aliphatic rings. The molecule has 2 heterocycles. The van der Waals surface area contributed by atoms with E-state index in [1.165, 1.54) is 29.1 Å². The number of hydrogen-bond donors (Lipinski definition) is 1. The van der Waals surface area contributed by atoms with Crippen LogP contribution in [0.4, 0.5) is 15.8 Å². The summed E-state index contributed by atoms with van der Waals surface area (Å²) in [5.41, 5.74) is 1.38. The van der Waals surface area contributed by atoms with Crippen LogP contribution in [0.5, 0.6) is 0 Å². The summed E-state index contributed by atoms with van der Waals surface area (Å²) >= 11 is 1.45. The van der Waals surface area contributed by atoms with Crippen molar-refractivity contribution < 1.29 is 14.0 Å². The van der Waals surface area contributed by atoms with Gasteiger partial charge < -0.3 is 14.8 Å². The molecule has 0 unspecified atom stereocenters. The third-order valence-corrected chi connectivity index (χ3v) is 5.17. The summed E-state index contributed by atoms with van der Waals surface area (Å²) in [7, 11) is 0. The highest BCUT2D eigenvalue weighted by Crippen LogP contribution is 2.34. The van der Waals surface area contributed by atoms with E-state index in [0.29, 0.717) is 17.1 Å². The van der Waals surface area contributed by atoms with Crippen LogP contribution in [0.15, 0.2) is 66.1 Å². The second-order valence-electron chi connectivity index (χ2n) is 5.92. The van der Waals surface area contributed by atoms with Crippen LogP contribution in [-0.4, -0.2) is 33.7 Å². The van der Waals surface area contributed by atoms with Gasteiger partial charge in [0.25, 0.3) is 0 Å². The van der Waals surface area contributed by atoms with Gasteiger partial charge in [0.1, 0.15) is 12.4 Å². The van der Waals surface area contributed by atoms with Crippen molar-refractivity contribution in [3.63, 3.8) is 0 Å². The molecule has 0 atom stereocenters. The van der Waals surface area contributed by atoms with Gasteiger partial charge in [-0.1, -0.05) is 12.1 Å². The van der Waals surface area contributed by atoms with Gasteiger partial charge in [-0.05, 0) is 30.3 Å². The average molecular weight is 382 g/mol. The van der Waals surface area contributed by atoms with E-state index in [-0.39, 0.29) is 18.4 Å². The Morgan fingerprint density at radius 1 is 1.22 bits per heavy atom. The van der Waals surface area contributed by atoms with Gasteiger partial charge in [-0.25, -0.2) is 9.37 Å². The lowest BCUT2D eigenvalue weighted by Gasteiger charge is -2.28. The zero-order chi connectivity index (χ0) is 18.8. The van der Waals surface area contributed by atoms with Crippen molar-refractivity contribution in [2.45, 2.75) is 4.90 Å². The zero-order valence-electron chi connectivity index (χ0n) is 14.1. The Morgan fingerprint density at radius 3 is 2.85 bits per heavy atom. The molecule has 3 aromatic rings. The van der Waals surface area contributed by atoms with E-state index < -0.39 is 5.82 Å². The maximum atomic E-state index is 14.3. The number of hydrogen-bond acceptors (Lipinski definition) is 4. The van der Waals surface area contributed by atoms with Crippen LogP contribution in [0.2, 0.25) is 0 Å². The number of nitrogens with zero attached hydrogens (tertiary/aromatic N) is 3. The smallest absolute Gasteiger partial charge is 0.244 e. The van der Waals surface area contributed by atoms with Crippen LogP contribution < -0.4 is 10.2 Å². The number of thioether (sulfide) groups is 1. The summed E-state index contributed by atoms with van der Waals surface area (Å²) in [4.78, 5) is 30.9. The van der Waals surface area contributed by atoms with E-state index in [1.54, 1.807) is 29.1 Å². The number of nitrogens with one attached hydrogen (secondary N) is 1. The van der Waals surface area contributed by atoms with Crippen LogP contribution in [0.25, 0.3) is 5.69 Å². The second-order valence-corrected chi connectivity index (χ2v) is 6.94. The van der Waals surface area contributed by atoms with E-state index >= 15 is 0 Å². The Labute approximate surface area is 159 Å². The molecule has 0 bridgehead atoms. The number of imidazole rings is 1. The molecule has 6 nitrogen and oxygen atoms in total. The molecule has 2 aromatic carbocycles. The van der Waals surface area contributed by atoms with Gasteiger partial charge in [-0.15, -0.1) is 11.8 Å². The fraction of sp³-hybridized carbons (Fsp3) is 0.105. The number of halogens is 1. The fourth-order valence-electron chi connectivity index (χ4n) is 2.87. The Balaban J connectivity index is 1.49. The van der Waals surface area contributed by atoms with Gasteiger partial charge >= 0.3 is 0 Å². The van der Waals surface area contributed by atoms with E-state index in [2.05, 4.69) is 10.3 Å². The summed E-state index contributed by atoms with van der Waals surface area (Å²) in [6, 6.07) is 11.9. The molecule has 27 heavy (non-hydrogen) atoms. The standard InChI is InChI=1S/C19H15FN4O2S/c20-14-9-13(5-6-15(14)23-8-7-21-12-23)22-18(25)10-24-16-3-1-2-4-17(16)27-11-19(24)26/h1-9,12H,10-11H2,(H,22,25). The number of anilines is 2. The minimum atomic E-state index is -0.485. The van der Waals surface area contributed by atoms with Crippen molar-refractivity contribution >= 4 is 35.0 Å². The van der Waals surface area contributed by atoms with Gasteiger partial charge in [0.05, 0.1) is 23.5 Å². The van der Waals surface area contributed by atoms with Crippen LogP contribution >= 0.6 is 11.8 Å². The molecule has 8 heteroatoms. The number of rotatable bonds is 4. The number of carbonyl (C=O) groups excluding carboxylic acids is 2. The molecule has 2 amide bonds. The summed E-state index contributed by atoms with van der Waals surface area (Å²) in [6.07, 6.45) is 4.68. The van der Waals surface area contributed by atoms with Crippen molar-refractivity contribution in [2.24, 2.45) is 0 Å². The molecule has 4 rings (SSSR count). The SMILES string of the molecule is O=C(CN1C(=O)CSc2ccccc21)Nc1ccc(-n2ccnc2)c(F)c1. The first-order chi connectivity index (χ1) is 13.1. The van der Waals surface area contributed by atoms with Crippen molar-refractivity contribution in [2.75, 3.05) is 22.5 Å². The van der Waals surface area contributed by atoms with Crippen LogP contribution in [0, 0.1) is 5.82 Å². The number of benzene rings is 2. The first-order valence-electron chi connectivity index (χ1n) is 8.22. The normalized spacial score (nSPS) is 13.4.